The van der Waals surface area contributed by atoms with E-state index < -0.39 is 19.9 Å². The van der Waals surface area contributed by atoms with Crippen LogP contribution in [0.5, 0.6) is 0 Å². The van der Waals surface area contributed by atoms with Gasteiger partial charge >= 0.3 is 19.8 Å². The highest BCUT2D eigenvalue weighted by molar-refractivity contribution is 7.47. The van der Waals surface area contributed by atoms with Gasteiger partial charge < -0.3 is 14.4 Å². The molecule has 0 aliphatic carbocycles. The predicted molar refractivity (Wildman–Crippen MR) is 235 cm³/mol. The molecule has 0 saturated carbocycles. The minimum absolute atomic E-state index is 0.216. The molecule has 0 radical (unpaired) electrons. The quantitative estimate of drug-likeness (QED) is 0.0368. The highest BCUT2D eigenvalue weighted by Crippen LogP contribution is 2.42. The highest BCUT2D eigenvalue weighted by atomic mass is 31.2. The number of esters is 2. The normalized spacial score (nSPS) is 13.1. The Hall–Kier alpha value is -0.950. The number of ether oxygens (including phenoxy) is 2. The topological polar surface area (TPSA) is 108 Å². The molecule has 0 saturated heterocycles. The van der Waals surface area contributed by atoms with Gasteiger partial charge in [-0.1, -0.05) is 239 Å². The van der Waals surface area contributed by atoms with Crippen LogP contribution in [0, 0.1) is 0 Å². The molecule has 0 aromatic carbocycles. The minimum atomic E-state index is -4.26. The van der Waals surface area contributed by atoms with Gasteiger partial charge in [-0.2, -0.15) is 0 Å². The average molecular weight is 817 g/mol. The molecule has 334 valence electrons. The molecule has 8 nitrogen and oxygen atoms in total. The second-order valence-electron chi connectivity index (χ2n) is 16.6. The Labute approximate surface area is 347 Å². The van der Waals surface area contributed by atoms with Gasteiger partial charge in [0.2, 0.25) is 0 Å². The molecule has 56 heavy (non-hydrogen) atoms. The van der Waals surface area contributed by atoms with Crippen LogP contribution >= 0.6 is 7.82 Å². The van der Waals surface area contributed by atoms with Gasteiger partial charge in [-0.05, 0) is 12.8 Å². The average Bonchev–Trinajstić information content (AvgIpc) is 3.19. The van der Waals surface area contributed by atoms with Gasteiger partial charge in [0.15, 0.2) is 6.10 Å². The van der Waals surface area contributed by atoms with Crippen LogP contribution in [0.3, 0.4) is 0 Å². The largest absolute Gasteiger partial charge is 0.472 e. The van der Waals surface area contributed by atoms with Crippen LogP contribution in [0.2, 0.25) is 0 Å². The third kappa shape index (κ3) is 42.7. The van der Waals surface area contributed by atoms with Crippen molar-refractivity contribution >= 4 is 19.8 Å². The number of hydrogen-bond acceptors (Lipinski definition) is 7. The number of unbranched alkanes of at least 4 members (excludes halogenated alkanes) is 35. The van der Waals surface area contributed by atoms with E-state index in [9.17, 15) is 19.0 Å². The van der Waals surface area contributed by atoms with Crippen LogP contribution in [0.1, 0.15) is 264 Å². The molecule has 2 atom stereocenters. The van der Waals surface area contributed by atoms with E-state index >= 15 is 0 Å². The van der Waals surface area contributed by atoms with E-state index in [-0.39, 0.29) is 25.6 Å². The van der Waals surface area contributed by atoms with Crippen LogP contribution in [-0.2, 0) is 32.7 Å². The second-order valence-corrected chi connectivity index (χ2v) is 18.2. The smallest absolute Gasteiger partial charge is 0.462 e. The number of phosphoric acid groups is 1. The molecule has 0 bridgehead atoms. The molecule has 0 aromatic rings. The van der Waals surface area contributed by atoms with Crippen LogP contribution in [0.15, 0.2) is 0 Å². The van der Waals surface area contributed by atoms with Crippen molar-refractivity contribution < 1.29 is 37.6 Å². The van der Waals surface area contributed by atoms with E-state index in [1.807, 2.05) is 0 Å². The van der Waals surface area contributed by atoms with Crippen LogP contribution in [-0.4, -0.2) is 43.3 Å². The summed E-state index contributed by atoms with van der Waals surface area (Å²) in [6, 6.07) is 0. The molecule has 9 heteroatoms. The van der Waals surface area contributed by atoms with E-state index in [1.165, 1.54) is 199 Å². The zero-order valence-corrected chi connectivity index (χ0v) is 38.2. The first-order valence-electron chi connectivity index (χ1n) is 24.2. The van der Waals surface area contributed by atoms with Crippen molar-refractivity contribution in [3.63, 3.8) is 0 Å². The first-order valence-corrected chi connectivity index (χ1v) is 25.7. The standard InChI is InChI=1S/C47H93O8P/c1-4-6-8-10-12-14-16-18-20-22-23-24-25-26-28-30-32-34-36-38-40-42-47(49)55-45(44-54-56(50,51)52-3)43-53-46(48)41-39-37-35-33-31-29-27-21-19-17-15-13-11-9-7-5-2/h45H,4-44H2,1-3H3,(H,50,51). The molecule has 0 heterocycles. The minimum Gasteiger partial charge on any atom is -0.462 e. The Morgan fingerprint density at radius 2 is 0.696 bits per heavy atom. The maximum atomic E-state index is 12.5. The van der Waals surface area contributed by atoms with Crippen molar-refractivity contribution in [3.8, 4) is 0 Å². The van der Waals surface area contributed by atoms with Crippen molar-refractivity contribution in [1.29, 1.82) is 0 Å². The summed E-state index contributed by atoms with van der Waals surface area (Å²) in [6.07, 6.45) is 47.3. The number of rotatable bonds is 46. The lowest BCUT2D eigenvalue weighted by Crippen LogP contribution is -2.29. The van der Waals surface area contributed by atoms with Gasteiger partial charge in [0, 0.05) is 20.0 Å². The molecule has 0 amide bonds. The van der Waals surface area contributed by atoms with Crippen LogP contribution in [0.4, 0.5) is 0 Å². The van der Waals surface area contributed by atoms with Crippen LogP contribution in [0.25, 0.3) is 0 Å². The predicted octanol–water partition coefficient (Wildman–Crippen LogP) is 15.5. The fourth-order valence-electron chi connectivity index (χ4n) is 7.37. The number of phosphoric ester groups is 1. The zero-order chi connectivity index (χ0) is 41.1. The maximum absolute atomic E-state index is 12.5. The van der Waals surface area contributed by atoms with Crippen molar-refractivity contribution in [2.24, 2.45) is 0 Å². The lowest BCUT2D eigenvalue weighted by molar-refractivity contribution is -0.161. The van der Waals surface area contributed by atoms with Crippen molar-refractivity contribution in [1.82, 2.24) is 0 Å². The fourth-order valence-corrected chi connectivity index (χ4v) is 7.83. The SMILES string of the molecule is CCCCCCCCCCCCCCCCCCCCCCCC(=O)OC(COC(=O)CCCCCCCCCCCCCCCCCC)COP(=O)(O)OC. The first kappa shape index (κ1) is 55.0. The summed E-state index contributed by atoms with van der Waals surface area (Å²) in [7, 11) is -3.19. The van der Waals surface area contributed by atoms with Gasteiger partial charge in [0.25, 0.3) is 0 Å². The lowest BCUT2D eigenvalue weighted by Gasteiger charge is -2.19. The highest BCUT2D eigenvalue weighted by Gasteiger charge is 2.24. The van der Waals surface area contributed by atoms with Gasteiger partial charge in [0.05, 0.1) is 6.61 Å². The van der Waals surface area contributed by atoms with Crippen LogP contribution < -0.4 is 0 Å². The van der Waals surface area contributed by atoms with E-state index in [2.05, 4.69) is 18.4 Å². The van der Waals surface area contributed by atoms with E-state index in [4.69, 9.17) is 14.0 Å². The van der Waals surface area contributed by atoms with Crippen molar-refractivity contribution in [2.75, 3.05) is 20.3 Å². The molecule has 0 rings (SSSR count). The Kier molecular flexibility index (Phi) is 42.9. The van der Waals surface area contributed by atoms with E-state index in [0.29, 0.717) is 6.42 Å². The molecular formula is C47H93O8P. The maximum Gasteiger partial charge on any atom is 0.472 e. The van der Waals surface area contributed by atoms with Gasteiger partial charge in [-0.3, -0.25) is 18.6 Å². The third-order valence-electron chi connectivity index (χ3n) is 11.1. The van der Waals surface area contributed by atoms with Gasteiger partial charge in [-0.15, -0.1) is 0 Å². The van der Waals surface area contributed by atoms with Gasteiger partial charge in [-0.25, -0.2) is 4.57 Å². The van der Waals surface area contributed by atoms with E-state index in [0.717, 1.165) is 45.6 Å². The second kappa shape index (κ2) is 43.6. The Morgan fingerprint density at radius 1 is 0.429 bits per heavy atom. The fraction of sp³-hybridized carbons (Fsp3) is 0.957. The molecule has 0 spiro atoms. The van der Waals surface area contributed by atoms with E-state index in [1.54, 1.807) is 0 Å². The monoisotopic (exact) mass is 817 g/mol. The summed E-state index contributed by atoms with van der Waals surface area (Å²) in [5, 5.41) is 0. The number of carbonyl (C=O) groups is 2. The van der Waals surface area contributed by atoms with Gasteiger partial charge in [0.1, 0.15) is 6.61 Å². The summed E-state index contributed by atoms with van der Waals surface area (Å²) in [6.45, 7) is 3.94. The lowest BCUT2D eigenvalue weighted by atomic mass is 10.0. The van der Waals surface area contributed by atoms with Crippen molar-refractivity contribution in [3.05, 3.63) is 0 Å². The molecular weight excluding hydrogens is 723 g/mol. The number of hydrogen-bond donors (Lipinski definition) is 1. The summed E-state index contributed by atoms with van der Waals surface area (Å²) in [4.78, 5) is 34.6. The zero-order valence-electron chi connectivity index (χ0n) is 37.3. The summed E-state index contributed by atoms with van der Waals surface area (Å²) < 4.78 is 32.1. The Morgan fingerprint density at radius 3 is 0.982 bits per heavy atom. The summed E-state index contributed by atoms with van der Waals surface area (Å²) >= 11 is 0. The summed E-state index contributed by atoms with van der Waals surface area (Å²) in [5.41, 5.74) is 0. The Bertz CT molecular complexity index is 884. The molecule has 1 N–H and O–H groups in total. The third-order valence-corrected chi connectivity index (χ3v) is 12.0. The van der Waals surface area contributed by atoms with Crippen molar-refractivity contribution in [2.45, 2.75) is 270 Å². The molecule has 0 aliphatic rings. The molecule has 0 aromatic heterocycles. The molecule has 0 fully saturated rings. The molecule has 0 aliphatic heterocycles. The molecule has 2 unspecified atom stereocenters. The number of carbonyl (C=O) groups excluding carboxylic acids is 2. The summed E-state index contributed by atoms with van der Waals surface area (Å²) in [5.74, 6) is -0.782. The first-order chi connectivity index (χ1) is 27.3. The Balaban J connectivity index is 3.86.